The predicted octanol–water partition coefficient (Wildman–Crippen LogP) is 4.17. The average Bonchev–Trinajstić information content (AvgIpc) is 2.89. The highest BCUT2D eigenvalue weighted by Gasteiger charge is 2.65. The van der Waals surface area contributed by atoms with Crippen molar-refractivity contribution in [2.24, 2.45) is 5.41 Å². The summed E-state index contributed by atoms with van der Waals surface area (Å²) in [7, 11) is 0. The lowest BCUT2D eigenvalue weighted by molar-refractivity contribution is -0.125. The summed E-state index contributed by atoms with van der Waals surface area (Å²) < 4.78 is 28.1. The van der Waals surface area contributed by atoms with Crippen molar-refractivity contribution in [1.29, 1.82) is 0 Å². The second kappa shape index (κ2) is 4.68. The fourth-order valence-corrected chi connectivity index (χ4v) is 4.97. The van der Waals surface area contributed by atoms with Crippen LogP contribution >= 0.6 is 0 Å². The van der Waals surface area contributed by atoms with Crippen LogP contribution in [0.1, 0.15) is 50.8 Å². The van der Waals surface area contributed by atoms with Gasteiger partial charge in [-0.3, -0.25) is 4.79 Å². The molecule has 1 heterocycles. The Morgan fingerprint density at radius 2 is 1.88 bits per heavy atom. The van der Waals surface area contributed by atoms with Crippen molar-refractivity contribution in [3.63, 3.8) is 0 Å². The van der Waals surface area contributed by atoms with Crippen molar-refractivity contribution >= 4 is 5.78 Å². The van der Waals surface area contributed by atoms with Gasteiger partial charge in [-0.05, 0) is 54.9 Å². The lowest BCUT2D eigenvalue weighted by Gasteiger charge is -2.35. The predicted molar refractivity (Wildman–Crippen MR) is 85.5 cm³/mol. The molecule has 0 N–H and O–H groups in total. The van der Waals surface area contributed by atoms with Crippen molar-refractivity contribution in [2.45, 2.75) is 44.9 Å². The molecule has 1 fully saturated rings. The van der Waals surface area contributed by atoms with E-state index >= 15 is 0 Å². The number of nitrogens with zero attached hydrogens (tertiary/aromatic N) is 2. The first-order chi connectivity index (χ1) is 11.3. The second-order valence-corrected chi connectivity index (χ2v) is 7.40. The standard InChI is InChI=1S/C19H18F2N2O/c1-10(24)19-8-7-12(18(19,2)3)11-9-15(22-23-17(11)19)16-13(20)5-4-6-14(16)21/h4-6,9,12H,7-8H2,1-3H3/t12-,19-/m0/s1. The molecule has 1 saturated carbocycles. The Bertz CT molecular complexity index is 857. The van der Waals surface area contributed by atoms with E-state index in [9.17, 15) is 13.6 Å². The van der Waals surface area contributed by atoms with Gasteiger partial charge in [0.1, 0.15) is 17.4 Å². The van der Waals surface area contributed by atoms with Gasteiger partial charge in [-0.15, -0.1) is 5.10 Å². The maximum atomic E-state index is 14.1. The normalized spacial score (nSPS) is 26.5. The summed E-state index contributed by atoms with van der Waals surface area (Å²) in [5.74, 6) is -1.07. The summed E-state index contributed by atoms with van der Waals surface area (Å²) in [5.41, 5.74) is 0.733. The molecule has 0 amide bonds. The first kappa shape index (κ1) is 15.4. The molecule has 24 heavy (non-hydrogen) atoms. The quantitative estimate of drug-likeness (QED) is 0.831. The second-order valence-electron chi connectivity index (χ2n) is 7.40. The molecule has 5 heteroatoms. The molecule has 2 atom stereocenters. The Morgan fingerprint density at radius 1 is 1.21 bits per heavy atom. The number of hydrogen-bond donors (Lipinski definition) is 0. The Kier molecular flexibility index (Phi) is 3.00. The zero-order valence-corrected chi connectivity index (χ0v) is 13.9. The number of aromatic nitrogens is 2. The molecule has 1 aromatic heterocycles. The van der Waals surface area contributed by atoms with Crippen LogP contribution in [0.4, 0.5) is 8.78 Å². The van der Waals surface area contributed by atoms with E-state index in [0.29, 0.717) is 5.69 Å². The Balaban J connectivity index is 1.94. The number of fused-ring (bicyclic) bond motifs is 5. The van der Waals surface area contributed by atoms with E-state index < -0.39 is 17.0 Å². The van der Waals surface area contributed by atoms with Gasteiger partial charge in [0.25, 0.3) is 0 Å². The van der Waals surface area contributed by atoms with E-state index in [-0.39, 0.29) is 28.4 Å². The molecule has 0 radical (unpaired) electrons. The van der Waals surface area contributed by atoms with Gasteiger partial charge in [0.15, 0.2) is 0 Å². The zero-order valence-electron chi connectivity index (χ0n) is 13.9. The van der Waals surface area contributed by atoms with E-state index in [1.54, 1.807) is 13.0 Å². The van der Waals surface area contributed by atoms with Gasteiger partial charge in [-0.25, -0.2) is 8.78 Å². The van der Waals surface area contributed by atoms with Gasteiger partial charge < -0.3 is 0 Å². The number of benzene rings is 1. The maximum Gasteiger partial charge on any atom is 0.142 e. The molecule has 0 saturated heterocycles. The number of carbonyl (C=O) groups is 1. The summed E-state index contributed by atoms with van der Waals surface area (Å²) >= 11 is 0. The molecule has 0 unspecified atom stereocenters. The summed E-state index contributed by atoms with van der Waals surface area (Å²) in [5, 5.41) is 8.36. The first-order valence-electron chi connectivity index (χ1n) is 8.14. The number of Topliss-reactive ketones (excluding diaryl/α,β-unsaturated/α-hetero) is 1. The minimum absolute atomic E-state index is 0.0906. The lowest BCUT2D eigenvalue weighted by atomic mass is 9.66. The van der Waals surface area contributed by atoms with Crippen LogP contribution in [0.15, 0.2) is 24.3 Å². The van der Waals surface area contributed by atoms with Gasteiger partial charge in [0.05, 0.1) is 22.4 Å². The van der Waals surface area contributed by atoms with Crippen LogP contribution in [-0.4, -0.2) is 16.0 Å². The van der Waals surface area contributed by atoms with Crippen molar-refractivity contribution < 1.29 is 13.6 Å². The molecular formula is C19H18F2N2O. The topological polar surface area (TPSA) is 42.9 Å². The van der Waals surface area contributed by atoms with E-state index in [0.717, 1.165) is 18.4 Å². The molecular weight excluding hydrogens is 310 g/mol. The number of ketones is 1. The largest absolute Gasteiger partial charge is 0.299 e. The minimum Gasteiger partial charge on any atom is -0.299 e. The van der Waals surface area contributed by atoms with Crippen molar-refractivity contribution in [2.75, 3.05) is 0 Å². The Labute approximate surface area is 139 Å². The molecule has 0 spiro atoms. The van der Waals surface area contributed by atoms with E-state index in [4.69, 9.17) is 0 Å². The molecule has 2 aliphatic carbocycles. The first-order valence-corrected chi connectivity index (χ1v) is 8.14. The van der Waals surface area contributed by atoms with Crippen molar-refractivity contribution in [3.05, 3.63) is 47.2 Å². The molecule has 1 aromatic carbocycles. The van der Waals surface area contributed by atoms with Gasteiger partial charge in [0.2, 0.25) is 0 Å². The van der Waals surface area contributed by atoms with Crippen LogP contribution in [0.3, 0.4) is 0 Å². The lowest BCUT2D eigenvalue weighted by Crippen LogP contribution is -2.42. The van der Waals surface area contributed by atoms with Crippen molar-refractivity contribution in [3.8, 4) is 11.3 Å². The number of rotatable bonds is 2. The van der Waals surface area contributed by atoms with Gasteiger partial charge in [-0.2, -0.15) is 5.10 Å². The molecule has 0 aliphatic heterocycles. The number of carbonyl (C=O) groups excluding carboxylic acids is 1. The number of halogens is 2. The number of hydrogen-bond acceptors (Lipinski definition) is 3. The van der Waals surface area contributed by atoms with E-state index in [1.807, 2.05) is 0 Å². The van der Waals surface area contributed by atoms with Crippen LogP contribution in [0.5, 0.6) is 0 Å². The molecule has 124 valence electrons. The maximum absolute atomic E-state index is 14.1. The molecule has 2 aromatic rings. The van der Waals surface area contributed by atoms with Crippen LogP contribution in [0, 0.1) is 17.0 Å². The monoisotopic (exact) mass is 328 g/mol. The smallest absolute Gasteiger partial charge is 0.142 e. The minimum atomic E-state index is -0.659. The van der Waals surface area contributed by atoms with Gasteiger partial charge in [-0.1, -0.05) is 19.9 Å². The molecule has 4 rings (SSSR count). The molecule has 3 nitrogen and oxygen atoms in total. The van der Waals surface area contributed by atoms with Crippen LogP contribution in [-0.2, 0) is 10.2 Å². The summed E-state index contributed by atoms with van der Waals surface area (Å²) in [4.78, 5) is 12.5. The highest BCUT2D eigenvalue weighted by molar-refractivity contribution is 5.91. The van der Waals surface area contributed by atoms with Crippen LogP contribution in [0.2, 0.25) is 0 Å². The van der Waals surface area contributed by atoms with Gasteiger partial charge in [0, 0.05) is 0 Å². The summed E-state index contributed by atoms with van der Waals surface area (Å²) in [6.07, 6.45) is 1.64. The third kappa shape index (κ3) is 1.62. The van der Waals surface area contributed by atoms with E-state index in [1.165, 1.54) is 18.2 Å². The fraction of sp³-hybridized carbons (Fsp3) is 0.421. The average molecular weight is 328 g/mol. The summed E-state index contributed by atoms with van der Waals surface area (Å²) in [6.45, 7) is 5.76. The van der Waals surface area contributed by atoms with Crippen molar-refractivity contribution in [1.82, 2.24) is 10.2 Å². The Hall–Kier alpha value is -2.17. The van der Waals surface area contributed by atoms with E-state index in [2.05, 4.69) is 24.0 Å². The fourth-order valence-electron chi connectivity index (χ4n) is 4.97. The molecule has 2 aliphatic rings. The zero-order chi connectivity index (χ0) is 17.3. The third-order valence-corrected chi connectivity index (χ3v) is 6.20. The Morgan fingerprint density at radius 3 is 2.50 bits per heavy atom. The molecule has 2 bridgehead atoms. The SMILES string of the molecule is CC(=O)[C@@]12CC[C@@H](c3cc(-c4c(F)cccc4F)nnc31)C2(C)C. The highest BCUT2D eigenvalue weighted by atomic mass is 19.1. The van der Waals surface area contributed by atoms with Crippen LogP contribution in [0.25, 0.3) is 11.3 Å². The third-order valence-electron chi connectivity index (χ3n) is 6.20. The van der Waals surface area contributed by atoms with Crippen LogP contribution < -0.4 is 0 Å². The summed E-state index contributed by atoms with van der Waals surface area (Å²) in [6, 6.07) is 5.46. The highest BCUT2D eigenvalue weighted by Crippen LogP contribution is 2.67. The van der Waals surface area contributed by atoms with Gasteiger partial charge >= 0.3 is 0 Å².